The van der Waals surface area contributed by atoms with Crippen molar-refractivity contribution in [3.8, 4) is 0 Å². The molecule has 0 unspecified atom stereocenters. The van der Waals surface area contributed by atoms with E-state index in [-0.39, 0.29) is 22.7 Å². The smallest absolute Gasteiger partial charge is 0.328 e. The van der Waals surface area contributed by atoms with E-state index in [1.165, 1.54) is 0 Å². The first-order chi connectivity index (χ1) is 9.80. The summed E-state index contributed by atoms with van der Waals surface area (Å²) < 4.78 is 37.1. The van der Waals surface area contributed by atoms with Crippen LogP contribution in [0.1, 0.15) is 51.2 Å². The standard InChI is InChI=1S/C14H20F3NS.C2H6/c1-3-12(18)6-4-5-11-7-10(2)8-13(9-11)19-14(15,16)17;1-2/h7-9,12H,3-6,18H2,1-2H3;1-2H3/t12-;/m0./s1. The van der Waals surface area contributed by atoms with Crippen LogP contribution in [-0.4, -0.2) is 11.6 Å². The number of halogens is 3. The van der Waals surface area contributed by atoms with Crippen molar-refractivity contribution in [2.45, 2.75) is 69.8 Å². The van der Waals surface area contributed by atoms with Crippen LogP contribution in [0, 0.1) is 6.92 Å². The first-order valence-corrected chi connectivity index (χ1v) is 8.23. The second-order valence-electron chi connectivity index (χ2n) is 4.76. The van der Waals surface area contributed by atoms with Gasteiger partial charge in [-0.1, -0.05) is 26.8 Å². The molecule has 0 aliphatic heterocycles. The van der Waals surface area contributed by atoms with E-state index in [1.54, 1.807) is 12.1 Å². The number of rotatable bonds is 6. The maximum atomic E-state index is 12.4. The third-order valence-corrected chi connectivity index (χ3v) is 3.61. The molecule has 0 aliphatic rings. The van der Waals surface area contributed by atoms with Crippen molar-refractivity contribution < 1.29 is 13.2 Å². The minimum absolute atomic E-state index is 0.0514. The molecule has 0 saturated carbocycles. The van der Waals surface area contributed by atoms with Gasteiger partial charge in [0, 0.05) is 10.9 Å². The Morgan fingerprint density at radius 1 is 1.19 bits per heavy atom. The van der Waals surface area contributed by atoms with Crippen LogP contribution in [0.5, 0.6) is 0 Å². The number of hydrogen-bond donors (Lipinski definition) is 1. The molecule has 0 aliphatic carbocycles. The fraction of sp³-hybridized carbons (Fsp3) is 0.625. The van der Waals surface area contributed by atoms with E-state index in [0.717, 1.165) is 36.8 Å². The van der Waals surface area contributed by atoms with Gasteiger partial charge in [0.05, 0.1) is 0 Å². The lowest BCUT2D eigenvalue weighted by molar-refractivity contribution is -0.0328. The Balaban J connectivity index is 0.00000191. The molecule has 1 aromatic rings. The van der Waals surface area contributed by atoms with Gasteiger partial charge in [-0.25, -0.2) is 0 Å². The van der Waals surface area contributed by atoms with E-state index in [2.05, 4.69) is 0 Å². The Bertz CT molecular complexity index is 405. The first kappa shape index (κ1) is 20.3. The molecule has 0 saturated heterocycles. The lowest BCUT2D eigenvalue weighted by atomic mass is 10.0. The average Bonchev–Trinajstić information content (AvgIpc) is 2.38. The quantitative estimate of drug-likeness (QED) is 0.681. The number of nitrogens with two attached hydrogens (primary N) is 1. The second kappa shape index (κ2) is 10.1. The summed E-state index contributed by atoms with van der Waals surface area (Å²) in [5.41, 5.74) is 3.42. The van der Waals surface area contributed by atoms with Crippen molar-refractivity contribution in [3.05, 3.63) is 29.3 Å². The van der Waals surface area contributed by atoms with E-state index in [9.17, 15) is 13.2 Å². The Morgan fingerprint density at radius 2 is 1.81 bits per heavy atom. The van der Waals surface area contributed by atoms with Crippen LogP contribution >= 0.6 is 11.8 Å². The molecule has 1 rings (SSSR count). The van der Waals surface area contributed by atoms with Crippen LogP contribution in [0.2, 0.25) is 0 Å². The van der Waals surface area contributed by atoms with E-state index >= 15 is 0 Å². The summed E-state index contributed by atoms with van der Waals surface area (Å²) in [6.07, 6.45) is 3.53. The largest absolute Gasteiger partial charge is 0.446 e. The van der Waals surface area contributed by atoms with Gasteiger partial charge in [0.2, 0.25) is 0 Å². The summed E-state index contributed by atoms with van der Waals surface area (Å²) in [6, 6.07) is 5.33. The molecule has 1 nitrogen and oxygen atoms in total. The Kier molecular flexibility index (Phi) is 9.79. The van der Waals surface area contributed by atoms with Gasteiger partial charge in [-0.05, 0) is 67.6 Å². The maximum absolute atomic E-state index is 12.4. The van der Waals surface area contributed by atoms with E-state index in [1.807, 2.05) is 33.8 Å². The van der Waals surface area contributed by atoms with Crippen molar-refractivity contribution in [2.75, 3.05) is 0 Å². The van der Waals surface area contributed by atoms with Crippen molar-refractivity contribution in [2.24, 2.45) is 5.73 Å². The zero-order chi connectivity index (χ0) is 16.5. The van der Waals surface area contributed by atoms with E-state index in [4.69, 9.17) is 5.73 Å². The van der Waals surface area contributed by atoms with Crippen LogP contribution in [0.25, 0.3) is 0 Å². The maximum Gasteiger partial charge on any atom is 0.446 e. The van der Waals surface area contributed by atoms with Gasteiger partial charge in [-0.2, -0.15) is 13.2 Å². The highest BCUT2D eigenvalue weighted by Crippen LogP contribution is 2.37. The summed E-state index contributed by atoms with van der Waals surface area (Å²) in [7, 11) is 0. The molecule has 0 amide bonds. The molecule has 0 aromatic heterocycles. The van der Waals surface area contributed by atoms with Crippen LogP contribution in [-0.2, 0) is 6.42 Å². The SMILES string of the molecule is CC.CC[C@H](N)CCCc1cc(C)cc(SC(F)(F)F)c1. The minimum atomic E-state index is -4.23. The van der Waals surface area contributed by atoms with E-state index in [0.29, 0.717) is 0 Å². The third-order valence-electron chi connectivity index (χ3n) is 2.91. The zero-order valence-corrected chi connectivity index (χ0v) is 14.1. The van der Waals surface area contributed by atoms with Crippen LogP contribution in [0.15, 0.2) is 23.1 Å². The van der Waals surface area contributed by atoms with Gasteiger partial charge < -0.3 is 5.73 Å². The van der Waals surface area contributed by atoms with Crippen LogP contribution in [0.3, 0.4) is 0 Å². The van der Waals surface area contributed by atoms with Gasteiger partial charge in [0.1, 0.15) is 0 Å². The lowest BCUT2D eigenvalue weighted by Gasteiger charge is -2.11. The second-order valence-corrected chi connectivity index (χ2v) is 5.90. The molecule has 5 heteroatoms. The molecule has 0 fully saturated rings. The van der Waals surface area contributed by atoms with Gasteiger partial charge >= 0.3 is 5.51 Å². The predicted octanol–water partition coefficient (Wildman–Crippen LogP) is 5.69. The van der Waals surface area contributed by atoms with Crippen LogP contribution < -0.4 is 5.73 Å². The Morgan fingerprint density at radius 3 is 2.33 bits per heavy atom. The van der Waals surface area contributed by atoms with Crippen molar-refractivity contribution >= 4 is 11.8 Å². The molecule has 0 radical (unpaired) electrons. The summed E-state index contributed by atoms with van der Waals surface area (Å²) in [5.74, 6) is 0. The molecule has 0 spiro atoms. The normalized spacial score (nSPS) is 12.6. The number of thioether (sulfide) groups is 1. The molecule has 2 N–H and O–H groups in total. The molecular weight excluding hydrogens is 295 g/mol. The minimum Gasteiger partial charge on any atom is -0.328 e. The van der Waals surface area contributed by atoms with Gasteiger partial charge in [-0.3, -0.25) is 0 Å². The summed E-state index contributed by atoms with van der Waals surface area (Å²) >= 11 is -0.0514. The van der Waals surface area contributed by atoms with Gasteiger partial charge in [0.15, 0.2) is 0 Å². The van der Waals surface area contributed by atoms with Gasteiger partial charge in [-0.15, -0.1) is 0 Å². The first-order valence-electron chi connectivity index (χ1n) is 7.42. The summed E-state index contributed by atoms with van der Waals surface area (Å²) in [6.45, 7) is 7.86. The van der Waals surface area contributed by atoms with Crippen molar-refractivity contribution in [1.29, 1.82) is 0 Å². The predicted molar refractivity (Wildman–Crippen MR) is 85.6 cm³/mol. The monoisotopic (exact) mass is 321 g/mol. The summed E-state index contributed by atoms with van der Waals surface area (Å²) in [4.78, 5) is 0.266. The number of alkyl halides is 3. The summed E-state index contributed by atoms with van der Waals surface area (Å²) in [5, 5.41) is 0. The number of hydrogen-bond acceptors (Lipinski definition) is 2. The van der Waals surface area contributed by atoms with Crippen molar-refractivity contribution in [3.63, 3.8) is 0 Å². The van der Waals surface area contributed by atoms with Crippen molar-refractivity contribution in [1.82, 2.24) is 0 Å². The highest BCUT2D eigenvalue weighted by molar-refractivity contribution is 8.00. The Labute approximate surface area is 130 Å². The molecule has 0 heterocycles. The number of benzene rings is 1. The van der Waals surface area contributed by atoms with Crippen LogP contribution in [0.4, 0.5) is 13.2 Å². The molecular formula is C16H26F3NS. The molecule has 1 atom stereocenters. The third kappa shape index (κ3) is 9.80. The average molecular weight is 321 g/mol. The zero-order valence-electron chi connectivity index (χ0n) is 13.3. The Hall–Kier alpha value is -0.680. The molecule has 122 valence electrons. The van der Waals surface area contributed by atoms with E-state index < -0.39 is 5.51 Å². The fourth-order valence-corrected chi connectivity index (χ4v) is 2.66. The molecule has 1 aromatic carbocycles. The number of aryl methyl sites for hydroxylation is 2. The van der Waals surface area contributed by atoms with Gasteiger partial charge in [0.25, 0.3) is 0 Å². The molecule has 21 heavy (non-hydrogen) atoms. The lowest BCUT2D eigenvalue weighted by Crippen LogP contribution is -2.18. The highest BCUT2D eigenvalue weighted by Gasteiger charge is 2.29. The fourth-order valence-electron chi connectivity index (χ4n) is 1.93. The topological polar surface area (TPSA) is 26.0 Å². The molecule has 0 bridgehead atoms. The highest BCUT2D eigenvalue weighted by atomic mass is 32.2.